The minimum atomic E-state index is -0.929. The smallest absolute Gasteiger partial charge is 0.338 e. The maximum atomic E-state index is 12.4. The van der Waals surface area contributed by atoms with E-state index in [0.717, 1.165) is 0 Å². The summed E-state index contributed by atoms with van der Waals surface area (Å²) in [5.41, 5.74) is 1.05. The highest BCUT2D eigenvalue weighted by Gasteiger charge is 2.29. The fourth-order valence-corrected chi connectivity index (χ4v) is 2.33. The molecule has 4 heteroatoms. The van der Waals surface area contributed by atoms with Gasteiger partial charge in [-0.1, -0.05) is 55.5 Å². The third-order valence-electron chi connectivity index (χ3n) is 3.76. The monoisotopic (exact) mass is 312 g/mol. The van der Waals surface area contributed by atoms with Gasteiger partial charge in [-0.3, -0.25) is 4.79 Å². The Bertz CT molecular complexity index is 652. The van der Waals surface area contributed by atoms with Gasteiger partial charge < -0.3 is 9.84 Å². The Balaban J connectivity index is 2.00. The zero-order chi connectivity index (χ0) is 16.8. The number of ether oxygens (including phenoxy) is 1. The average molecular weight is 312 g/mol. The van der Waals surface area contributed by atoms with Crippen LogP contribution in [0.4, 0.5) is 0 Å². The van der Waals surface area contributed by atoms with Crippen molar-refractivity contribution < 1.29 is 19.4 Å². The Labute approximate surface area is 135 Å². The van der Waals surface area contributed by atoms with Crippen LogP contribution < -0.4 is 0 Å². The minimum Gasteiger partial charge on any atom is -0.451 e. The molecular formula is C19H20O4. The summed E-state index contributed by atoms with van der Waals surface area (Å²) in [5, 5.41) is 10.3. The van der Waals surface area contributed by atoms with Gasteiger partial charge in [-0.2, -0.15) is 0 Å². The summed E-state index contributed by atoms with van der Waals surface area (Å²) in [4.78, 5) is 24.4. The van der Waals surface area contributed by atoms with Crippen LogP contribution in [0, 0.1) is 5.92 Å². The predicted octanol–water partition coefficient (Wildman–Crippen LogP) is 3.17. The van der Waals surface area contributed by atoms with E-state index in [-0.39, 0.29) is 5.78 Å². The number of carbonyl (C=O) groups excluding carboxylic acids is 2. The van der Waals surface area contributed by atoms with Crippen molar-refractivity contribution in [3.05, 3.63) is 71.8 Å². The quantitative estimate of drug-likeness (QED) is 0.832. The Hall–Kier alpha value is -2.46. The summed E-state index contributed by atoms with van der Waals surface area (Å²) in [6.45, 7) is 3.16. The van der Waals surface area contributed by atoms with Gasteiger partial charge in [0.2, 0.25) is 0 Å². The number of aliphatic hydroxyl groups excluding tert-OH is 1. The fourth-order valence-electron chi connectivity index (χ4n) is 2.33. The van der Waals surface area contributed by atoms with Crippen LogP contribution in [0.15, 0.2) is 60.7 Å². The lowest BCUT2D eigenvalue weighted by Gasteiger charge is -2.21. The van der Waals surface area contributed by atoms with Gasteiger partial charge in [0.1, 0.15) is 0 Å². The number of rotatable bonds is 6. The van der Waals surface area contributed by atoms with E-state index in [2.05, 4.69) is 0 Å². The van der Waals surface area contributed by atoms with Crippen molar-refractivity contribution in [2.75, 3.05) is 0 Å². The molecule has 3 atom stereocenters. The number of Topliss-reactive ketones (excluding diaryl/α,β-unsaturated/α-hetero) is 1. The second-order valence-electron chi connectivity index (χ2n) is 5.46. The second-order valence-corrected chi connectivity index (χ2v) is 5.46. The SMILES string of the molecule is C[C@H](OC(=O)c1ccccc1)C(=O)[C@H](C)[C@H](O)c1ccccc1. The first-order valence-electron chi connectivity index (χ1n) is 7.53. The van der Waals surface area contributed by atoms with E-state index < -0.39 is 24.1 Å². The Morgan fingerprint density at radius 3 is 2.00 bits per heavy atom. The molecule has 0 unspecified atom stereocenters. The number of hydrogen-bond acceptors (Lipinski definition) is 4. The van der Waals surface area contributed by atoms with Gasteiger partial charge in [0, 0.05) is 5.92 Å². The first-order valence-corrected chi connectivity index (χ1v) is 7.53. The number of esters is 1. The van der Waals surface area contributed by atoms with E-state index in [4.69, 9.17) is 4.74 Å². The summed E-state index contributed by atoms with van der Waals surface area (Å²) in [6, 6.07) is 17.5. The van der Waals surface area contributed by atoms with Crippen LogP contribution in [0.2, 0.25) is 0 Å². The van der Waals surface area contributed by atoms with E-state index in [9.17, 15) is 14.7 Å². The van der Waals surface area contributed by atoms with Gasteiger partial charge in [0.25, 0.3) is 0 Å². The Kier molecular flexibility index (Phi) is 5.66. The van der Waals surface area contributed by atoms with Crippen LogP contribution in [0.25, 0.3) is 0 Å². The van der Waals surface area contributed by atoms with Crippen LogP contribution in [-0.4, -0.2) is 23.0 Å². The van der Waals surface area contributed by atoms with Crippen LogP contribution in [0.1, 0.15) is 35.9 Å². The Morgan fingerprint density at radius 2 is 1.43 bits per heavy atom. The molecule has 0 spiro atoms. The van der Waals surface area contributed by atoms with E-state index >= 15 is 0 Å². The lowest BCUT2D eigenvalue weighted by atomic mass is 9.91. The molecule has 2 aromatic carbocycles. The third-order valence-corrected chi connectivity index (χ3v) is 3.76. The normalized spacial score (nSPS) is 14.6. The molecule has 0 aliphatic rings. The van der Waals surface area contributed by atoms with E-state index in [1.807, 2.05) is 6.07 Å². The van der Waals surface area contributed by atoms with Crippen molar-refractivity contribution in [2.45, 2.75) is 26.1 Å². The molecule has 0 aliphatic heterocycles. The highest BCUT2D eigenvalue weighted by atomic mass is 16.5. The largest absolute Gasteiger partial charge is 0.451 e. The maximum absolute atomic E-state index is 12.4. The summed E-state index contributed by atoms with van der Waals surface area (Å²) in [7, 11) is 0. The molecular weight excluding hydrogens is 292 g/mol. The summed E-state index contributed by atoms with van der Waals surface area (Å²) in [6.07, 6.45) is -1.85. The predicted molar refractivity (Wildman–Crippen MR) is 86.9 cm³/mol. The molecule has 0 aliphatic carbocycles. The standard InChI is InChI=1S/C19H20O4/c1-13(18(21)15-9-5-3-6-10-15)17(20)14(2)23-19(22)16-11-7-4-8-12-16/h3-14,18,21H,1-2H3/t13-,14-,18-/m0/s1. The van der Waals surface area contributed by atoms with Gasteiger partial charge in [0.15, 0.2) is 11.9 Å². The zero-order valence-electron chi connectivity index (χ0n) is 13.2. The number of aliphatic hydroxyl groups is 1. The zero-order valence-corrected chi connectivity index (χ0v) is 13.2. The van der Waals surface area contributed by atoms with Gasteiger partial charge in [0.05, 0.1) is 11.7 Å². The highest BCUT2D eigenvalue weighted by Crippen LogP contribution is 2.24. The first kappa shape index (κ1) is 16.9. The Morgan fingerprint density at radius 1 is 0.913 bits per heavy atom. The van der Waals surface area contributed by atoms with Crippen molar-refractivity contribution >= 4 is 11.8 Å². The van der Waals surface area contributed by atoms with Crippen molar-refractivity contribution in [1.82, 2.24) is 0 Å². The van der Waals surface area contributed by atoms with Crippen LogP contribution in [-0.2, 0) is 9.53 Å². The average Bonchev–Trinajstić information content (AvgIpc) is 2.61. The number of ketones is 1. The van der Waals surface area contributed by atoms with E-state index in [1.165, 1.54) is 6.92 Å². The lowest BCUT2D eigenvalue weighted by Crippen LogP contribution is -2.32. The van der Waals surface area contributed by atoms with Crippen LogP contribution in [0.3, 0.4) is 0 Å². The number of benzene rings is 2. The van der Waals surface area contributed by atoms with Crippen molar-refractivity contribution in [2.24, 2.45) is 5.92 Å². The summed E-state index contributed by atoms with van der Waals surface area (Å²) >= 11 is 0. The number of hydrogen-bond donors (Lipinski definition) is 1. The van der Waals surface area contributed by atoms with Gasteiger partial charge in [-0.15, -0.1) is 0 Å². The third kappa shape index (κ3) is 4.27. The minimum absolute atomic E-state index is 0.314. The van der Waals surface area contributed by atoms with Crippen molar-refractivity contribution in [1.29, 1.82) is 0 Å². The highest BCUT2D eigenvalue weighted by molar-refractivity contribution is 5.93. The van der Waals surface area contributed by atoms with Crippen molar-refractivity contribution in [3.63, 3.8) is 0 Å². The second kappa shape index (κ2) is 7.70. The molecule has 120 valence electrons. The molecule has 0 aromatic heterocycles. The molecule has 0 fully saturated rings. The molecule has 0 amide bonds. The molecule has 2 aromatic rings. The van der Waals surface area contributed by atoms with Gasteiger partial charge >= 0.3 is 5.97 Å². The van der Waals surface area contributed by atoms with Crippen molar-refractivity contribution in [3.8, 4) is 0 Å². The molecule has 0 radical (unpaired) electrons. The molecule has 0 saturated carbocycles. The summed E-state index contributed by atoms with van der Waals surface area (Å²) < 4.78 is 5.21. The van der Waals surface area contributed by atoms with Crippen LogP contribution >= 0.6 is 0 Å². The topological polar surface area (TPSA) is 63.6 Å². The molecule has 23 heavy (non-hydrogen) atoms. The van der Waals surface area contributed by atoms with Gasteiger partial charge in [-0.05, 0) is 24.6 Å². The maximum Gasteiger partial charge on any atom is 0.338 e. The van der Waals surface area contributed by atoms with E-state index in [0.29, 0.717) is 11.1 Å². The van der Waals surface area contributed by atoms with Crippen LogP contribution in [0.5, 0.6) is 0 Å². The lowest BCUT2D eigenvalue weighted by molar-refractivity contribution is -0.134. The first-order chi connectivity index (χ1) is 11.0. The van der Waals surface area contributed by atoms with E-state index in [1.54, 1.807) is 61.5 Å². The molecule has 2 rings (SSSR count). The molecule has 0 bridgehead atoms. The molecule has 4 nitrogen and oxygen atoms in total. The number of carbonyl (C=O) groups is 2. The fraction of sp³-hybridized carbons (Fsp3) is 0.263. The molecule has 0 saturated heterocycles. The summed E-state index contributed by atoms with van der Waals surface area (Å²) in [5.74, 6) is -1.53. The molecule has 0 heterocycles. The van der Waals surface area contributed by atoms with Gasteiger partial charge in [-0.25, -0.2) is 4.79 Å². The molecule has 1 N–H and O–H groups in total.